The zero-order valence-electron chi connectivity index (χ0n) is 13.5. The van der Waals surface area contributed by atoms with Crippen LogP contribution in [-0.4, -0.2) is 59.5 Å². The van der Waals surface area contributed by atoms with Crippen molar-refractivity contribution < 1.29 is 9.53 Å². The Kier molecular flexibility index (Phi) is 4.73. The number of aromatic nitrogens is 2. The first-order chi connectivity index (χ1) is 11.1. The lowest BCUT2D eigenvalue weighted by molar-refractivity contribution is -0.0265. The second-order valence-electron chi connectivity index (χ2n) is 6.01. The molecule has 0 bridgehead atoms. The van der Waals surface area contributed by atoms with Gasteiger partial charge in [-0.2, -0.15) is 0 Å². The first kappa shape index (κ1) is 15.7. The molecule has 1 aromatic heterocycles. The zero-order chi connectivity index (χ0) is 16.2. The van der Waals surface area contributed by atoms with Crippen molar-refractivity contribution in [1.82, 2.24) is 19.8 Å². The lowest BCUT2D eigenvalue weighted by Crippen LogP contribution is -2.42. The van der Waals surface area contributed by atoms with Crippen LogP contribution in [-0.2, 0) is 11.3 Å². The third kappa shape index (κ3) is 3.78. The van der Waals surface area contributed by atoms with E-state index in [1.165, 1.54) is 0 Å². The van der Waals surface area contributed by atoms with Gasteiger partial charge in [0.15, 0.2) is 0 Å². The largest absolute Gasteiger partial charge is 0.367 e. The van der Waals surface area contributed by atoms with Crippen LogP contribution < -0.4 is 0 Å². The summed E-state index contributed by atoms with van der Waals surface area (Å²) in [6.45, 7) is 2.44. The molecule has 2 aromatic rings. The molecule has 0 radical (unpaired) electrons. The van der Waals surface area contributed by atoms with Crippen molar-refractivity contribution in [2.24, 2.45) is 0 Å². The van der Waals surface area contributed by atoms with E-state index in [0.717, 1.165) is 18.1 Å². The molecule has 3 rings (SSSR count). The second-order valence-corrected chi connectivity index (χ2v) is 6.01. The number of hydrogen-bond acceptors (Lipinski definition) is 4. The van der Waals surface area contributed by atoms with Gasteiger partial charge in [0.25, 0.3) is 5.91 Å². The van der Waals surface area contributed by atoms with E-state index < -0.39 is 0 Å². The van der Waals surface area contributed by atoms with Crippen LogP contribution in [0.1, 0.15) is 28.0 Å². The van der Waals surface area contributed by atoms with Gasteiger partial charge in [-0.3, -0.25) is 4.79 Å². The maximum absolute atomic E-state index is 12.6. The molecule has 0 aliphatic carbocycles. The first-order valence-corrected chi connectivity index (χ1v) is 7.78. The molecule has 23 heavy (non-hydrogen) atoms. The molecule has 1 saturated heterocycles. The van der Waals surface area contributed by atoms with Gasteiger partial charge in [-0.15, -0.1) is 0 Å². The minimum absolute atomic E-state index is 0.0407. The number of ether oxygens (including phenoxy) is 1. The number of morpholine rings is 1. The Morgan fingerprint density at radius 3 is 2.91 bits per heavy atom. The Hall–Kier alpha value is -2.18. The van der Waals surface area contributed by atoms with Crippen LogP contribution >= 0.6 is 0 Å². The lowest BCUT2D eigenvalue weighted by atomic mass is 10.1. The summed E-state index contributed by atoms with van der Waals surface area (Å²) >= 11 is 0. The van der Waals surface area contributed by atoms with E-state index in [1.807, 2.05) is 55.5 Å². The van der Waals surface area contributed by atoms with Crippen LogP contribution in [0, 0.1) is 0 Å². The number of aromatic amines is 1. The van der Waals surface area contributed by atoms with Crippen molar-refractivity contribution in [3.8, 4) is 0 Å². The predicted octanol–water partition coefficient (Wildman–Crippen LogP) is 1.69. The maximum Gasteiger partial charge on any atom is 0.254 e. The van der Waals surface area contributed by atoms with Crippen LogP contribution in [0.15, 0.2) is 36.5 Å². The summed E-state index contributed by atoms with van der Waals surface area (Å²) < 4.78 is 5.80. The van der Waals surface area contributed by atoms with Gasteiger partial charge in [0.2, 0.25) is 0 Å². The molecule has 122 valence electrons. The number of H-pyrrole nitrogens is 1. The summed E-state index contributed by atoms with van der Waals surface area (Å²) in [6, 6.07) is 9.36. The fourth-order valence-electron chi connectivity index (χ4n) is 2.72. The monoisotopic (exact) mass is 314 g/mol. The molecule has 1 N–H and O–H groups in total. The van der Waals surface area contributed by atoms with E-state index in [0.29, 0.717) is 25.3 Å². The molecule has 1 fully saturated rings. The molecular formula is C17H22N4O2. The number of carbonyl (C=O) groups is 1. The van der Waals surface area contributed by atoms with Gasteiger partial charge >= 0.3 is 0 Å². The van der Waals surface area contributed by atoms with E-state index in [1.54, 1.807) is 0 Å². The van der Waals surface area contributed by atoms with Crippen LogP contribution in [0.5, 0.6) is 0 Å². The van der Waals surface area contributed by atoms with Crippen LogP contribution in [0.4, 0.5) is 0 Å². The molecule has 1 amide bonds. The summed E-state index contributed by atoms with van der Waals surface area (Å²) in [5.74, 6) is 0.825. The Balaban J connectivity index is 1.68. The maximum atomic E-state index is 12.6. The quantitative estimate of drug-likeness (QED) is 0.933. The molecule has 6 heteroatoms. The number of nitrogens with one attached hydrogen (secondary N) is 1. The van der Waals surface area contributed by atoms with E-state index in [9.17, 15) is 4.79 Å². The Bertz CT molecular complexity index is 654. The van der Waals surface area contributed by atoms with E-state index in [4.69, 9.17) is 4.74 Å². The van der Waals surface area contributed by atoms with E-state index >= 15 is 0 Å². The van der Waals surface area contributed by atoms with Crippen molar-refractivity contribution in [2.75, 3.05) is 33.8 Å². The normalized spacial score (nSPS) is 18.4. The molecule has 2 heterocycles. The molecule has 1 aromatic carbocycles. The average molecular weight is 314 g/mol. The molecule has 1 aliphatic rings. The molecule has 1 atom stereocenters. The number of hydrogen-bond donors (Lipinski definition) is 1. The highest BCUT2D eigenvalue weighted by Crippen LogP contribution is 2.21. The van der Waals surface area contributed by atoms with Crippen molar-refractivity contribution in [1.29, 1.82) is 0 Å². The van der Waals surface area contributed by atoms with Gasteiger partial charge in [-0.05, 0) is 26.2 Å². The Morgan fingerprint density at radius 2 is 2.17 bits per heavy atom. The standard InChI is InChI=1S/C17H22N4O2/c1-20(2)11-14-10-18-16(19-14)15-12-21(8-9-23-15)17(22)13-6-4-3-5-7-13/h3-7,10,15H,8-9,11-12H2,1-2H3,(H,18,19)/t15-/m1/s1. The number of carbonyl (C=O) groups excluding carboxylic acids is 1. The highest BCUT2D eigenvalue weighted by molar-refractivity contribution is 5.94. The number of nitrogens with zero attached hydrogens (tertiary/aromatic N) is 3. The molecule has 0 unspecified atom stereocenters. The van der Waals surface area contributed by atoms with Crippen molar-refractivity contribution in [3.05, 3.63) is 53.6 Å². The van der Waals surface area contributed by atoms with Crippen LogP contribution in [0.3, 0.4) is 0 Å². The molecule has 0 spiro atoms. The third-order valence-corrected chi connectivity index (χ3v) is 3.81. The predicted molar refractivity (Wildman–Crippen MR) is 87.0 cm³/mol. The summed E-state index contributed by atoms with van der Waals surface area (Å²) in [5, 5.41) is 0. The van der Waals surface area contributed by atoms with Gasteiger partial charge in [-0.25, -0.2) is 4.98 Å². The lowest BCUT2D eigenvalue weighted by Gasteiger charge is -2.32. The molecular weight excluding hydrogens is 292 g/mol. The highest BCUT2D eigenvalue weighted by atomic mass is 16.5. The summed E-state index contributed by atoms with van der Waals surface area (Å²) in [5.41, 5.74) is 1.75. The summed E-state index contributed by atoms with van der Waals surface area (Å²) in [7, 11) is 4.02. The Morgan fingerprint density at radius 1 is 1.39 bits per heavy atom. The zero-order valence-corrected chi connectivity index (χ0v) is 13.5. The van der Waals surface area contributed by atoms with Crippen LogP contribution in [0.2, 0.25) is 0 Å². The van der Waals surface area contributed by atoms with Crippen molar-refractivity contribution in [3.63, 3.8) is 0 Å². The van der Waals surface area contributed by atoms with Gasteiger partial charge in [0, 0.05) is 30.5 Å². The topological polar surface area (TPSA) is 61.5 Å². The SMILES string of the molecule is CN(C)Cc1cnc([C@H]2CN(C(=O)c3ccccc3)CCO2)[nH]1. The molecule has 1 aliphatic heterocycles. The number of amides is 1. The number of rotatable bonds is 4. The third-order valence-electron chi connectivity index (χ3n) is 3.81. The average Bonchev–Trinajstić information content (AvgIpc) is 3.03. The summed E-state index contributed by atoms with van der Waals surface area (Å²) in [6.07, 6.45) is 1.63. The van der Waals surface area contributed by atoms with Gasteiger partial charge < -0.3 is 19.5 Å². The Labute approximate surface area is 136 Å². The number of imidazole rings is 1. The van der Waals surface area contributed by atoms with Gasteiger partial charge in [0.05, 0.1) is 13.2 Å². The van der Waals surface area contributed by atoms with Gasteiger partial charge in [0.1, 0.15) is 11.9 Å². The summed E-state index contributed by atoms with van der Waals surface area (Å²) in [4.78, 5) is 24.2. The second kappa shape index (κ2) is 6.93. The fraction of sp³-hybridized carbons (Fsp3) is 0.412. The minimum Gasteiger partial charge on any atom is -0.367 e. The van der Waals surface area contributed by atoms with E-state index in [-0.39, 0.29) is 12.0 Å². The minimum atomic E-state index is -0.202. The highest BCUT2D eigenvalue weighted by Gasteiger charge is 2.27. The van der Waals surface area contributed by atoms with Crippen LogP contribution in [0.25, 0.3) is 0 Å². The fourth-order valence-corrected chi connectivity index (χ4v) is 2.72. The van der Waals surface area contributed by atoms with Crippen molar-refractivity contribution in [2.45, 2.75) is 12.6 Å². The van der Waals surface area contributed by atoms with E-state index in [2.05, 4.69) is 14.9 Å². The van der Waals surface area contributed by atoms with Crippen molar-refractivity contribution >= 4 is 5.91 Å². The first-order valence-electron chi connectivity index (χ1n) is 7.78. The molecule has 0 saturated carbocycles. The molecule has 6 nitrogen and oxygen atoms in total. The number of benzene rings is 1. The van der Waals surface area contributed by atoms with Gasteiger partial charge in [-0.1, -0.05) is 18.2 Å². The smallest absolute Gasteiger partial charge is 0.254 e.